The van der Waals surface area contributed by atoms with Gasteiger partial charge in [-0.05, 0) is 12.1 Å². The fraction of sp³-hybridized carbons (Fsp3) is 0. The van der Waals surface area contributed by atoms with E-state index in [-0.39, 0.29) is 16.8 Å². The third kappa shape index (κ3) is 1.76. The molecule has 1 aromatic rings. The van der Waals surface area contributed by atoms with Gasteiger partial charge in [0.1, 0.15) is 5.56 Å². The predicted octanol–water partition coefficient (Wildman–Crippen LogP) is 0.510. The molecule has 0 spiro atoms. The van der Waals surface area contributed by atoms with E-state index in [1.54, 1.807) is 0 Å². The lowest BCUT2D eigenvalue weighted by molar-refractivity contribution is -0.385. The van der Waals surface area contributed by atoms with Crippen LogP contribution in [0, 0.1) is 10.1 Å². The second kappa shape index (κ2) is 3.57. The van der Waals surface area contributed by atoms with Gasteiger partial charge in [0.15, 0.2) is 0 Å². The van der Waals surface area contributed by atoms with Crippen LogP contribution in [0.3, 0.4) is 0 Å². The van der Waals surface area contributed by atoms with E-state index in [0.29, 0.717) is 0 Å². The standard InChI is InChI=1S/C8H3NO4/c10-4-6-1-2-8(9(12)13)7(3-6)5-11/h1-3H. The lowest BCUT2D eigenvalue weighted by Crippen LogP contribution is -1.95. The zero-order valence-corrected chi connectivity index (χ0v) is 6.31. The number of nitrogens with zero attached hydrogens (tertiary/aromatic N) is 1. The molecular weight excluding hydrogens is 174 g/mol. The molecule has 1 rings (SSSR count). The van der Waals surface area contributed by atoms with Gasteiger partial charge in [0.05, 0.1) is 4.92 Å². The van der Waals surface area contributed by atoms with E-state index >= 15 is 0 Å². The number of benzene rings is 1. The van der Waals surface area contributed by atoms with Gasteiger partial charge in [-0.2, -0.15) is 0 Å². The van der Waals surface area contributed by atoms with Crippen molar-refractivity contribution in [2.45, 2.75) is 0 Å². The zero-order chi connectivity index (χ0) is 9.84. The molecule has 0 saturated carbocycles. The van der Waals surface area contributed by atoms with Crippen LogP contribution in [0.15, 0.2) is 18.2 Å². The van der Waals surface area contributed by atoms with Crippen LogP contribution in [-0.2, 0) is 9.59 Å². The summed E-state index contributed by atoms with van der Waals surface area (Å²) >= 11 is 0. The molecule has 0 bridgehead atoms. The van der Waals surface area contributed by atoms with E-state index in [1.165, 1.54) is 18.6 Å². The minimum atomic E-state index is -0.713. The number of hydrogen-bond acceptors (Lipinski definition) is 4. The molecule has 1 aromatic carbocycles. The Bertz CT molecular complexity index is 372. The van der Waals surface area contributed by atoms with Crippen molar-refractivity contribution in [2.75, 3.05) is 0 Å². The summed E-state index contributed by atoms with van der Waals surface area (Å²) in [6.07, 6.45) is 2.90. The van der Waals surface area contributed by atoms with Crippen LogP contribution in [-0.4, -0.2) is 17.5 Å². The average molecular weight is 177 g/mol. The largest absolute Gasteiger partial charge is 0.285 e. The summed E-state index contributed by atoms with van der Waals surface area (Å²) in [6.45, 7) is 0. The molecule has 0 unspecified atom stereocenters. The van der Waals surface area contributed by atoms with Crippen LogP contribution in [0.1, 0.15) is 11.1 Å². The van der Waals surface area contributed by atoms with Gasteiger partial charge in [-0.3, -0.25) is 19.7 Å². The third-order valence-corrected chi connectivity index (χ3v) is 1.42. The molecule has 5 heteroatoms. The van der Waals surface area contributed by atoms with Crippen molar-refractivity contribution >= 4 is 18.3 Å². The molecule has 0 N–H and O–H groups in total. The number of nitro benzene ring substituents is 1. The minimum Gasteiger partial charge on any atom is -0.285 e. The highest BCUT2D eigenvalue weighted by Gasteiger charge is 2.13. The second-order valence-electron chi connectivity index (χ2n) is 2.19. The monoisotopic (exact) mass is 177 g/mol. The van der Waals surface area contributed by atoms with E-state index in [2.05, 4.69) is 0 Å². The Kier molecular flexibility index (Phi) is 2.49. The number of nitro groups is 1. The Morgan fingerprint density at radius 2 is 1.92 bits per heavy atom. The summed E-state index contributed by atoms with van der Waals surface area (Å²) in [5.74, 6) is 0. The van der Waals surface area contributed by atoms with Crippen molar-refractivity contribution in [3.05, 3.63) is 39.4 Å². The first-order valence-corrected chi connectivity index (χ1v) is 3.24. The van der Waals surface area contributed by atoms with Crippen molar-refractivity contribution in [3.63, 3.8) is 0 Å². The van der Waals surface area contributed by atoms with Gasteiger partial charge in [-0.1, -0.05) is 0 Å². The van der Waals surface area contributed by atoms with E-state index in [9.17, 15) is 19.7 Å². The Morgan fingerprint density at radius 1 is 1.23 bits per heavy atom. The molecule has 0 atom stereocenters. The minimum absolute atomic E-state index is 0.0870. The molecule has 0 fully saturated rings. The smallest absolute Gasteiger partial charge is 0.280 e. The summed E-state index contributed by atoms with van der Waals surface area (Å²) in [5.41, 5.74) is -0.524. The molecule has 64 valence electrons. The summed E-state index contributed by atoms with van der Waals surface area (Å²) < 4.78 is 0. The fourth-order valence-electron chi connectivity index (χ4n) is 0.840. The van der Waals surface area contributed by atoms with E-state index in [1.807, 2.05) is 0 Å². The second-order valence-corrected chi connectivity index (χ2v) is 2.19. The van der Waals surface area contributed by atoms with Gasteiger partial charge in [0, 0.05) is 11.6 Å². The van der Waals surface area contributed by atoms with E-state index < -0.39 is 4.92 Å². The van der Waals surface area contributed by atoms with Crippen LogP contribution in [0.4, 0.5) is 5.69 Å². The number of hydrogen-bond donors (Lipinski definition) is 0. The molecule has 0 amide bonds. The fourth-order valence-corrected chi connectivity index (χ4v) is 0.840. The molecule has 0 aromatic heterocycles. The van der Waals surface area contributed by atoms with Crippen molar-refractivity contribution < 1.29 is 14.5 Å². The highest BCUT2D eigenvalue weighted by atomic mass is 16.6. The Hall–Kier alpha value is -2.04. The molecular formula is C8H3NO4. The molecule has 2 radical (unpaired) electrons. The zero-order valence-electron chi connectivity index (χ0n) is 6.31. The van der Waals surface area contributed by atoms with Gasteiger partial charge in [-0.25, -0.2) is 0 Å². The maximum Gasteiger partial charge on any atom is 0.280 e. The van der Waals surface area contributed by atoms with Crippen LogP contribution < -0.4 is 0 Å². The normalized spacial score (nSPS) is 9.23. The number of carbonyl (C=O) groups excluding carboxylic acids is 2. The Labute approximate surface area is 73.1 Å². The SMILES string of the molecule is O=[C]c1ccc([N+](=O)[O-])c([C]=O)c1. The molecule has 0 aliphatic heterocycles. The quantitative estimate of drug-likeness (QED) is 0.497. The Morgan fingerprint density at radius 3 is 2.38 bits per heavy atom. The van der Waals surface area contributed by atoms with Gasteiger partial charge in [-0.15, -0.1) is 0 Å². The first kappa shape index (κ1) is 9.05. The summed E-state index contributed by atoms with van der Waals surface area (Å²) in [7, 11) is 0. The third-order valence-electron chi connectivity index (χ3n) is 1.42. The summed E-state index contributed by atoms with van der Waals surface area (Å²) in [4.78, 5) is 30.0. The highest BCUT2D eigenvalue weighted by Crippen LogP contribution is 2.16. The van der Waals surface area contributed by atoms with Gasteiger partial charge in [0.25, 0.3) is 5.69 Å². The molecule has 0 saturated heterocycles. The molecule has 5 nitrogen and oxygen atoms in total. The first-order chi connectivity index (χ1) is 6.19. The first-order valence-electron chi connectivity index (χ1n) is 3.24. The lowest BCUT2D eigenvalue weighted by Gasteiger charge is -1.94. The molecule has 0 aliphatic rings. The maximum absolute atomic E-state index is 10.3. The maximum atomic E-state index is 10.3. The van der Waals surface area contributed by atoms with Crippen LogP contribution in [0.25, 0.3) is 0 Å². The van der Waals surface area contributed by atoms with Crippen molar-refractivity contribution in [1.29, 1.82) is 0 Å². The summed E-state index contributed by atoms with van der Waals surface area (Å²) in [6, 6.07) is 3.35. The van der Waals surface area contributed by atoms with Gasteiger partial charge >= 0.3 is 0 Å². The highest BCUT2D eigenvalue weighted by molar-refractivity contribution is 5.86. The molecule has 0 aliphatic carbocycles. The van der Waals surface area contributed by atoms with Gasteiger partial charge < -0.3 is 0 Å². The number of rotatable bonds is 3. The molecule has 13 heavy (non-hydrogen) atoms. The van der Waals surface area contributed by atoms with Crippen molar-refractivity contribution in [1.82, 2.24) is 0 Å². The summed E-state index contributed by atoms with van der Waals surface area (Å²) in [5, 5.41) is 10.3. The topological polar surface area (TPSA) is 77.3 Å². The van der Waals surface area contributed by atoms with E-state index in [0.717, 1.165) is 12.1 Å². The average Bonchev–Trinajstić information content (AvgIpc) is 2.16. The van der Waals surface area contributed by atoms with Crippen LogP contribution in [0.2, 0.25) is 0 Å². The Balaban J connectivity index is 3.31. The van der Waals surface area contributed by atoms with Crippen molar-refractivity contribution in [3.8, 4) is 0 Å². The van der Waals surface area contributed by atoms with E-state index in [4.69, 9.17) is 0 Å². The lowest BCUT2D eigenvalue weighted by atomic mass is 10.1. The molecule has 0 heterocycles. The van der Waals surface area contributed by atoms with Crippen molar-refractivity contribution in [2.24, 2.45) is 0 Å². The van der Waals surface area contributed by atoms with Crippen LogP contribution in [0.5, 0.6) is 0 Å². The predicted molar refractivity (Wildman–Crippen MR) is 42.7 cm³/mol. The van der Waals surface area contributed by atoms with Crippen LogP contribution >= 0.6 is 0 Å². The van der Waals surface area contributed by atoms with Gasteiger partial charge in [0.2, 0.25) is 12.6 Å².